The SMILES string of the molecule is N[C@@H]1[C@H](Cc2cccc(-c3cccc(F)c3)c2F)N(C(=O)O)CC12CC2. The van der Waals surface area contributed by atoms with Gasteiger partial charge in [0.05, 0.1) is 6.04 Å². The summed E-state index contributed by atoms with van der Waals surface area (Å²) in [6, 6.07) is 9.97. The van der Waals surface area contributed by atoms with Crippen LogP contribution in [0.25, 0.3) is 11.1 Å². The summed E-state index contributed by atoms with van der Waals surface area (Å²) in [5.41, 5.74) is 7.35. The molecule has 1 heterocycles. The van der Waals surface area contributed by atoms with Gasteiger partial charge in [0, 0.05) is 23.6 Å². The molecule has 0 radical (unpaired) electrons. The van der Waals surface area contributed by atoms with Crippen molar-refractivity contribution in [2.45, 2.75) is 31.3 Å². The average molecular weight is 358 g/mol. The molecule has 0 aromatic heterocycles. The molecular weight excluding hydrogens is 338 g/mol. The smallest absolute Gasteiger partial charge is 0.407 e. The molecule has 4 nitrogen and oxygen atoms in total. The first-order valence-electron chi connectivity index (χ1n) is 8.70. The maximum absolute atomic E-state index is 15.1. The van der Waals surface area contributed by atoms with Crippen molar-refractivity contribution < 1.29 is 18.7 Å². The van der Waals surface area contributed by atoms with E-state index in [0.717, 1.165) is 12.8 Å². The third kappa shape index (κ3) is 2.74. The van der Waals surface area contributed by atoms with E-state index in [2.05, 4.69) is 0 Å². The second-order valence-electron chi connectivity index (χ2n) is 7.36. The van der Waals surface area contributed by atoms with Crippen LogP contribution in [0.1, 0.15) is 18.4 Å². The summed E-state index contributed by atoms with van der Waals surface area (Å²) in [7, 11) is 0. The standard InChI is InChI=1S/C20H20F2N2O2/c21-14-5-1-3-12(9-14)15-6-2-4-13(17(15)22)10-16-18(23)20(7-8-20)11-24(16)19(25)26/h1-6,9,16,18H,7-8,10-11,23H2,(H,25,26)/t16-,18+/m0/s1. The van der Waals surface area contributed by atoms with Crippen LogP contribution >= 0.6 is 0 Å². The van der Waals surface area contributed by atoms with Gasteiger partial charge in [0.2, 0.25) is 0 Å². The Hall–Kier alpha value is -2.47. The highest BCUT2D eigenvalue weighted by molar-refractivity contribution is 5.67. The average Bonchev–Trinajstić information content (AvgIpc) is 3.34. The van der Waals surface area contributed by atoms with Gasteiger partial charge in [0.15, 0.2) is 0 Å². The minimum atomic E-state index is -1.02. The summed E-state index contributed by atoms with van der Waals surface area (Å²) in [4.78, 5) is 13.0. The lowest BCUT2D eigenvalue weighted by Gasteiger charge is -2.25. The molecule has 2 atom stereocenters. The third-order valence-electron chi connectivity index (χ3n) is 5.79. The van der Waals surface area contributed by atoms with Gasteiger partial charge >= 0.3 is 6.09 Å². The summed E-state index contributed by atoms with van der Waals surface area (Å²) < 4.78 is 28.6. The maximum Gasteiger partial charge on any atom is 0.407 e. The van der Waals surface area contributed by atoms with E-state index in [9.17, 15) is 14.3 Å². The van der Waals surface area contributed by atoms with E-state index in [1.165, 1.54) is 23.1 Å². The zero-order chi connectivity index (χ0) is 18.5. The van der Waals surface area contributed by atoms with Crippen molar-refractivity contribution in [1.29, 1.82) is 0 Å². The first kappa shape index (κ1) is 17.0. The normalized spacial score (nSPS) is 23.4. The number of rotatable bonds is 3. The van der Waals surface area contributed by atoms with E-state index >= 15 is 4.39 Å². The Morgan fingerprint density at radius 1 is 1.23 bits per heavy atom. The summed E-state index contributed by atoms with van der Waals surface area (Å²) in [6.07, 6.45) is 1.03. The number of carbonyl (C=O) groups is 1. The Kier molecular flexibility index (Phi) is 3.95. The molecule has 1 spiro atoms. The molecule has 1 saturated heterocycles. The monoisotopic (exact) mass is 358 g/mol. The number of amides is 1. The Bertz CT molecular complexity index is 867. The molecule has 1 aliphatic carbocycles. The number of carboxylic acid groups (broad SMARTS) is 1. The van der Waals surface area contributed by atoms with Gasteiger partial charge in [-0.05, 0) is 42.5 Å². The predicted molar refractivity (Wildman–Crippen MR) is 93.7 cm³/mol. The number of likely N-dealkylation sites (tertiary alicyclic amines) is 1. The van der Waals surface area contributed by atoms with Gasteiger partial charge < -0.3 is 15.7 Å². The van der Waals surface area contributed by atoms with Crippen molar-refractivity contribution in [2.24, 2.45) is 11.1 Å². The number of hydrogen-bond acceptors (Lipinski definition) is 2. The number of benzene rings is 2. The molecule has 1 amide bonds. The van der Waals surface area contributed by atoms with Crippen LogP contribution in [0.4, 0.5) is 13.6 Å². The fourth-order valence-electron chi connectivity index (χ4n) is 4.10. The molecule has 4 rings (SSSR count). The minimum Gasteiger partial charge on any atom is -0.465 e. The van der Waals surface area contributed by atoms with Gasteiger partial charge in [0.25, 0.3) is 0 Å². The molecule has 2 aromatic rings. The van der Waals surface area contributed by atoms with Gasteiger partial charge in [0.1, 0.15) is 11.6 Å². The first-order valence-corrected chi connectivity index (χ1v) is 8.70. The summed E-state index contributed by atoms with van der Waals surface area (Å²) in [5, 5.41) is 9.51. The van der Waals surface area contributed by atoms with Crippen molar-refractivity contribution in [3.8, 4) is 11.1 Å². The van der Waals surface area contributed by atoms with E-state index in [1.807, 2.05) is 0 Å². The van der Waals surface area contributed by atoms with E-state index in [4.69, 9.17) is 5.73 Å². The molecule has 1 saturated carbocycles. The van der Waals surface area contributed by atoms with E-state index < -0.39 is 23.8 Å². The fourth-order valence-corrected chi connectivity index (χ4v) is 4.10. The molecule has 1 aliphatic heterocycles. The van der Waals surface area contributed by atoms with Crippen molar-refractivity contribution in [1.82, 2.24) is 4.90 Å². The molecule has 3 N–H and O–H groups in total. The molecule has 2 fully saturated rings. The van der Waals surface area contributed by atoms with Gasteiger partial charge in [-0.25, -0.2) is 13.6 Å². The largest absolute Gasteiger partial charge is 0.465 e. The van der Waals surface area contributed by atoms with Crippen molar-refractivity contribution in [3.63, 3.8) is 0 Å². The van der Waals surface area contributed by atoms with Crippen LogP contribution < -0.4 is 5.73 Å². The van der Waals surface area contributed by atoms with Crippen LogP contribution in [0.2, 0.25) is 0 Å². The van der Waals surface area contributed by atoms with Gasteiger partial charge in [-0.3, -0.25) is 0 Å². The Balaban J connectivity index is 1.66. The Morgan fingerprint density at radius 2 is 1.96 bits per heavy atom. The summed E-state index contributed by atoms with van der Waals surface area (Å²) in [5.74, 6) is -0.884. The van der Waals surface area contributed by atoms with Crippen LogP contribution in [0.5, 0.6) is 0 Å². The highest BCUT2D eigenvalue weighted by Crippen LogP contribution is 2.54. The quantitative estimate of drug-likeness (QED) is 0.880. The number of nitrogens with two attached hydrogens (primary N) is 1. The topological polar surface area (TPSA) is 66.6 Å². The lowest BCUT2D eigenvalue weighted by molar-refractivity contribution is 0.137. The molecule has 136 valence electrons. The first-order chi connectivity index (χ1) is 12.4. The second-order valence-corrected chi connectivity index (χ2v) is 7.36. The highest BCUT2D eigenvalue weighted by atomic mass is 19.1. The molecule has 2 aromatic carbocycles. The van der Waals surface area contributed by atoms with Gasteiger partial charge in [-0.2, -0.15) is 0 Å². The molecule has 26 heavy (non-hydrogen) atoms. The van der Waals surface area contributed by atoms with Crippen molar-refractivity contribution >= 4 is 6.09 Å². The van der Waals surface area contributed by atoms with Crippen molar-refractivity contribution in [2.75, 3.05) is 6.54 Å². The zero-order valence-corrected chi connectivity index (χ0v) is 14.2. The fraction of sp³-hybridized carbons (Fsp3) is 0.350. The van der Waals surface area contributed by atoms with Gasteiger partial charge in [-0.15, -0.1) is 0 Å². The van der Waals surface area contributed by atoms with Crippen LogP contribution in [-0.4, -0.2) is 34.7 Å². The second kappa shape index (κ2) is 6.06. The third-order valence-corrected chi connectivity index (χ3v) is 5.79. The van der Waals surface area contributed by atoms with E-state index in [0.29, 0.717) is 23.2 Å². The van der Waals surface area contributed by atoms with E-state index in [-0.39, 0.29) is 17.9 Å². The lowest BCUT2D eigenvalue weighted by atomic mass is 9.91. The highest BCUT2D eigenvalue weighted by Gasteiger charge is 2.59. The Morgan fingerprint density at radius 3 is 2.62 bits per heavy atom. The lowest BCUT2D eigenvalue weighted by Crippen LogP contribution is -2.44. The number of nitrogens with zero attached hydrogens (tertiary/aromatic N) is 1. The zero-order valence-electron chi connectivity index (χ0n) is 14.2. The van der Waals surface area contributed by atoms with Gasteiger partial charge in [-0.1, -0.05) is 30.3 Å². The maximum atomic E-state index is 15.1. The molecule has 0 unspecified atom stereocenters. The van der Waals surface area contributed by atoms with Crippen LogP contribution in [-0.2, 0) is 6.42 Å². The molecule has 0 bridgehead atoms. The number of halogens is 2. The molecular formula is C20H20F2N2O2. The summed E-state index contributed by atoms with van der Waals surface area (Å²) >= 11 is 0. The van der Waals surface area contributed by atoms with E-state index in [1.54, 1.807) is 24.3 Å². The Labute approximate surface area is 150 Å². The molecule has 2 aliphatic rings. The minimum absolute atomic E-state index is 0.139. The van der Waals surface area contributed by atoms with Crippen LogP contribution in [0.15, 0.2) is 42.5 Å². The predicted octanol–water partition coefficient (Wildman–Crippen LogP) is 3.64. The van der Waals surface area contributed by atoms with Crippen LogP contribution in [0.3, 0.4) is 0 Å². The van der Waals surface area contributed by atoms with Crippen LogP contribution in [0, 0.1) is 17.0 Å². The molecule has 6 heteroatoms. The summed E-state index contributed by atoms with van der Waals surface area (Å²) in [6.45, 7) is 0.416. The van der Waals surface area contributed by atoms with Crippen molar-refractivity contribution in [3.05, 3.63) is 59.7 Å². The number of hydrogen-bond donors (Lipinski definition) is 2.